The zero-order chi connectivity index (χ0) is 18.1. The molecular weight excluding hydrogens is 362 g/mol. The van der Waals surface area contributed by atoms with E-state index in [4.69, 9.17) is 5.73 Å². The first-order valence-electron chi connectivity index (χ1n) is 8.68. The molecule has 0 radical (unpaired) electrons. The average molecular weight is 388 g/mol. The highest BCUT2D eigenvalue weighted by molar-refractivity contribution is 7.92. The standard InChI is InChI=1S/C16H25N3O4S2/c17-13-7-9-14(10-8-13)18-24(20,21)15-5-1-2-6-16(15)25(22,23)19-11-3-4-12-19/h1-2,5-6,13-14,18H,3-4,7-12,17H2. The van der Waals surface area contributed by atoms with Gasteiger partial charge in [-0.25, -0.2) is 21.6 Å². The molecule has 140 valence electrons. The van der Waals surface area contributed by atoms with Crippen LogP contribution in [0.2, 0.25) is 0 Å². The quantitative estimate of drug-likeness (QED) is 0.784. The highest BCUT2D eigenvalue weighted by Crippen LogP contribution is 2.27. The van der Waals surface area contributed by atoms with E-state index in [1.54, 1.807) is 12.1 Å². The highest BCUT2D eigenvalue weighted by atomic mass is 32.2. The van der Waals surface area contributed by atoms with Crippen molar-refractivity contribution in [3.8, 4) is 0 Å². The summed E-state index contributed by atoms with van der Waals surface area (Å²) in [6.45, 7) is 0.870. The van der Waals surface area contributed by atoms with Crippen LogP contribution in [-0.4, -0.2) is 46.3 Å². The van der Waals surface area contributed by atoms with E-state index in [0.29, 0.717) is 25.9 Å². The monoisotopic (exact) mass is 387 g/mol. The molecule has 1 heterocycles. The van der Waals surface area contributed by atoms with E-state index in [9.17, 15) is 16.8 Å². The lowest BCUT2D eigenvalue weighted by atomic mass is 9.93. The predicted molar refractivity (Wildman–Crippen MR) is 95.0 cm³/mol. The number of benzene rings is 1. The molecule has 2 aliphatic rings. The smallest absolute Gasteiger partial charge is 0.244 e. The maximum absolute atomic E-state index is 12.9. The molecule has 9 heteroatoms. The Kier molecular flexibility index (Phi) is 5.50. The third-order valence-electron chi connectivity index (χ3n) is 4.92. The minimum atomic E-state index is -3.92. The van der Waals surface area contributed by atoms with Gasteiger partial charge in [-0.1, -0.05) is 12.1 Å². The molecule has 1 saturated carbocycles. The van der Waals surface area contributed by atoms with Crippen LogP contribution in [0.4, 0.5) is 0 Å². The second kappa shape index (κ2) is 7.32. The van der Waals surface area contributed by atoms with Crippen molar-refractivity contribution in [2.75, 3.05) is 13.1 Å². The zero-order valence-electron chi connectivity index (χ0n) is 14.1. The SMILES string of the molecule is NC1CCC(NS(=O)(=O)c2ccccc2S(=O)(=O)N2CCCC2)CC1. The van der Waals surface area contributed by atoms with E-state index in [1.807, 2.05) is 0 Å². The van der Waals surface area contributed by atoms with Gasteiger partial charge in [-0.3, -0.25) is 0 Å². The van der Waals surface area contributed by atoms with Crippen LogP contribution in [0.1, 0.15) is 38.5 Å². The van der Waals surface area contributed by atoms with Crippen LogP contribution in [0.15, 0.2) is 34.1 Å². The van der Waals surface area contributed by atoms with Crippen LogP contribution < -0.4 is 10.5 Å². The van der Waals surface area contributed by atoms with Crippen molar-refractivity contribution in [2.24, 2.45) is 5.73 Å². The second-order valence-electron chi connectivity index (χ2n) is 6.79. The summed E-state index contributed by atoms with van der Waals surface area (Å²) in [5.74, 6) is 0. The molecule has 25 heavy (non-hydrogen) atoms. The summed E-state index contributed by atoms with van der Waals surface area (Å²) < 4.78 is 55.4. The summed E-state index contributed by atoms with van der Waals surface area (Å²) in [6, 6.07) is 5.75. The number of hydrogen-bond donors (Lipinski definition) is 2. The van der Waals surface area contributed by atoms with Crippen molar-refractivity contribution < 1.29 is 16.8 Å². The van der Waals surface area contributed by atoms with Gasteiger partial charge in [0.25, 0.3) is 0 Å². The van der Waals surface area contributed by atoms with E-state index >= 15 is 0 Å². The van der Waals surface area contributed by atoms with E-state index in [-0.39, 0.29) is 21.9 Å². The lowest BCUT2D eigenvalue weighted by Gasteiger charge is -2.27. The molecule has 1 aromatic carbocycles. The third-order valence-corrected chi connectivity index (χ3v) is 8.58. The number of rotatable bonds is 5. The first-order chi connectivity index (χ1) is 11.8. The Bertz CT molecular complexity index is 810. The van der Waals surface area contributed by atoms with Crippen LogP contribution in [0.3, 0.4) is 0 Å². The topological polar surface area (TPSA) is 110 Å². The summed E-state index contributed by atoms with van der Waals surface area (Å²) >= 11 is 0. The van der Waals surface area contributed by atoms with Gasteiger partial charge in [0.05, 0.1) is 0 Å². The lowest BCUT2D eigenvalue weighted by Crippen LogP contribution is -2.41. The fraction of sp³-hybridized carbons (Fsp3) is 0.625. The Labute approximate surface area is 149 Å². The molecule has 1 aliphatic carbocycles. The van der Waals surface area contributed by atoms with Crippen LogP contribution in [0.5, 0.6) is 0 Å². The fourth-order valence-electron chi connectivity index (χ4n) is 3.47. The minimum absolute atomic E-state index is 0.114. The van der Waals surface area contributed by atoms with Gasteiger partial charge < -0.3 is 5.73 Å². The summed E-state index contributed by atoms with van der Waals surface area (Å²) in [4.78, 5) is -0.311. The van der Waals surface area contributed by atoms with Gasteiger partial charge in [0.1, 0.15) is 9.79 Å². The highest BCUT2D eigenvalue weighted by Gasteiger charge is 2.33. The fourth-order valence-corrected chi connectivity index (χ4v) is 7.10. The second-order valence-corrected chi connectivity index (χ2v) is 10.4. The molecule has 3 rings (SSSR count). The normalized spacial score (nSPS) is 26.0. The van der Waals surface area contributed by atoms with Gasteiger partial charge in [-0.15, -0.1) is 0 Å². The molecule has 2 fully saturated rings. The Balaban J connectivity index is 1.89. The maximum Gasteiger partial charge on any atom is 0.244 e. The molecule has 0 atom stereocenters. The average Bonchev–Trinajstić information content (AvgIpc) is 3.12. The summed E-state index contributed by atoms with van der Waals surface area (Å²) in [5, 5.41) is 0. The Morgan fingerprint density at radius 2 is 1.48 bits per heavy atom. The zero-order valence-corrected chi connectivity index (χ0v) is 15.7. The van der Waals surface area contributed by atoms with E-state index < -0.39 is 20.0 Å². The molecule has 3 N–H and O–H groups in total. The summed E-state index contributed by atoms with van der Waals surface area (Å²) in [7, 11) is -7.73. The van der Waals surface area contributed by atoms with Crippen molar-refractivity contribution in [1.82, 2.24) is 9.03 Å². The number of sulfonamides is 2. The van der Waals surface area contributed by atoms with Gasteiger partial charge >= 0.3 is 0 Å². The van der Waals surface area contributed by atoms with Crippen LogP contribution in [0, 0.1) is 0 Å². The van der Waals surface area contributed by atoms with E-state index in [2.05, 4.69) is 4.72 Å². The van der Waals surface area contributed by atoms with Gasteiger partial charge in [-0.05, 0) is 50.7 Å². The minimum Gasteiger partial charge on any atom is -0.328 e. The number of nitrogens with one attached hydrogen (secondary N) is 1. The molecule has 1 aromatic rings. The van der Waals surface area contributed by atoms with Gasteiger partial charge in [-0.2, -0.15) is 4.31 Å². The largest absolute Gasteiger partial charge is 0.328 e. The number of nitrogens with zero attached hydrogens (tertiary/aromatic N) is 1. The Morgan fingerprint density at radius 1 is 0.920 bits per heavy atom. The van der Waals surface area contributed by atoms with Crippen molar-refractivity contribution in [3.05, 3.63) is 24.3 Å². The van der Waals surface area contributed by atoms with E-state index in [1.165, 1.54) is 16.4 Å². The molecular formula is C16H25N3O4S2. The molecule has 0 bridgehead atoms. The van der Waals surface area contributed by atoms with Crippen LogP contribution in [-0.2, 0) is 20.0 Å². The Hall–Kier alpha value is -1.00. The Morgan fingerprint density at radius 3 is 2.08 bits per heavy atom. The summed E-state index contributed by atoms with van der Waals surface area (Å²) in [6.07, 6.45) is 4.47. The van der Waals surface area contributed by atoms with E-state index in [0.717, 1.165) is 25.7 Å². The van der Waals surface area contributed by atoms with Gasteiger partial charge in [0, 0.05) is 25.2 Å². The molecule has 0 spiro atoms. The first kappa shape index (κ1) is 18.8. The maximum atomic E-state index is 12.9. The van der Waals surface area contributed by atoms with Crippen molar-refractivity contribution >= 4 is 20.0 Å². The van der Waals surface area contributed by atoms with Gasteiger partial charge in [0.2, 0.25) is 20.0 Å². The van der Waals surface area contributed by atoms with Crippen LogP contribution >= 0.6 is 0 Å². The first-order valence-corrected chi connectivity index (χ1v) is 11.6. The molecule has 0 aromatic heterocycles. The van der Waals surface area contributed by atoms with Crippen molar-refractivity contribution in [3.63, 3.8) is 0 Å². The van der Waals surface area contributed by atoms with Crippen LogP contribution in [0.25, 0.3) is 0 Å². The van der Waals surface area contributed by atoms with Gasteiger partial charge in [0.15, 0.2) is 0 Å². The molecule has 7 nitrogen and oxygen atoms in total. The molecule has 0 amide bonds. The molecule has 0 unspecified atom stereocenters. The third kappa shape index (κ3) is 4.06. The summed E-state index contributed by atoms with van der Waals surface area (Å²) in [5.41, 5.74) is 5.86. The van der Waals surface area contributed by atoms with Crippen molar-refractivity contribution in [1.29, 1.82) is 0 Å². The lowest BCUT2D eigenvalue weighted by molar-refractivity contribution is 0.373. The molecule has 1 saturated heterocycles. The predicted octanol–water partition coefficient (Wildman–Crippen LogP) is 1.02. The molecule has 1 aliphatic heterocycles. The van der Waals surface area contributed by atoms with Crippen molar-refractivity contribution in [2.45, 2.75) is 60.4 Å². The number of hydrogen-bond acceptors (Lipinski definition) is 5. The number of nitrogens with two attached hydrogens (primary N) is 1.